The maximum atomic E-state index is 10.2. The predicted molar refractivity (Wildman–Crippen MR) is 90.7 cm³/mol. The highest BCUT2D eigenvalue weighted by atomic mass is 16.5. The number of imidazole rings is 1. The molecule has 2 saturated heterocycles. The Labute approximate surface area is 144 Å². The summed E-state index contributed by atoms with van der Waals surface area (Å²) < 4.78 is 13.2. The van der Waals surface area contributed by atoms with Crippen molar-refractivity contribution < 1.29 is 14.6 Å². The van der Waals surface area contributed by atoms with Gasteiger partial charge in [0.05, 0.1) is 32.0 Å². The topological polar surface area (TPSA) is 63.0 Å². The molecular formula is C17H30N4O3. The largest absolute Gasteiger partial charge is 0.389 e. The van der Waals surface area contributed by atoms with Crippen LogP contribution in [-0.4, -0.2) is 89.2 Å². The lowest BCUT2D eigenvalue weighted by atomic mass is 10.2. The second-order valence-electron chi connectivity index (χ2n) is 6.86. The van der Waals surface area contributed by atoms with Crippen LogP contribution in [0.15, 0.2) is 12.4 Å². The van der Waals surface area contributed by atoms with Gasteiger partial charge in [-0.25, -0.2) is 4.98 Å². The third-order valence-corrected chi connectivity index (χ3v) is 4.86. The van der Waals surface area contributed by atoms with Crippen molar-refractivity contribution >= 4 is 0 Å². The molecule has 2 aliphatic heterocycles. The Bertz CT molecular complexity index is 482. The minimum atomic E-state index is -0.424. The van der Waals surface area contributed by atoms with Crippen LogP contribution in [0.5, 0.6) is 0 Å². The van der Waals surface area contributed by atoms with Gasteiger partial charge >= 0.3 is 0 Å². The lowest BCUT2D eigenvalue weighted by Gasteiger charge is -2.35. The Kier molecular flexibility index (Phi) is 6.62. The van der Waals surface area contributed by atoms with E-state index in [2.05, 4.69) is 19.4 Å². The molecular weight excluding hydrogens is 308 g/mol. The van der Waals surface area contributed by atoms with Gasteiger partial charge in [-0.3, -0.25) is 9.80 Å². The molecule has 24 heavy (non-hydrogen) atoms. The van der Waals surface area contributed by atoms with Crippen LogP contribution in [-0.2, 0) is 23.1 Å². The molecule has 0 radical (unpaired) electrons. The summed E-state index contributed by atoms with van der Waals surface area (Å²) in [5.41, 5.74) is 0. The van der Waals surface area contributed by atoms with E-state index in [4.69, 9.17) is 9.47 Å². The first kappa shape index (κ1) is 17.8. The van der Waals surface area contributed by atoms with E-state index in [0.29, 0.717) is 19.8 Å². The molecule has 0 aliphatic carbocycles. The molecule has 0 spiro atoms. The SMILES string of the molecule is Cn1ccnc1CN1CCN(C[C@@H](O)COC[C@@H]2CCCO2)CC1. The fraction of sp³-hybridized carbons (Fsp3) is 0.824. The molecule has 7 heteroatoms. The third-order valence-electron chi connectivity index (χ3n) is 4.86. The number of ether oxygens (including phenoxy) is 2. The number of rotatable bonds is 8. The van der Waals surface area contributed by atoms with Crippen molar-refractivity contribution in [1.82, 2.24) is 19.4 Å². The molecule has 1 aromatic heterocycles. The number of aryl methyl sites for hydroxylation is 1. The maximum absolute atomic E-state index is 10.2. The van der Waals surface area contributed by atoms with Crippen molar-refractivity contribution in [3.8, 4) is 0 Å². The summed E-state index contributed by atoms with van der Waals surface area (Å²) in [4.78, 5) is 9.11. The van der Waals surface area contributed by atoms with E-state index < -0.39 is 6.10 Å². The fourth-order valence-corrected chi connectivity index (χ4v) is 3.34. The highest BCUT2D eigenvalue weighted by Gasteiger charge is 2.21. The molecule has 2 atom stereocenters. The van der Waals surface area contributed by atoms with Gasteiger partial charge in [0.2, 0.25) is 0 Å². The number of β-amino-alcohol motifs (C(OH)–C–C–N with tert-alkyl or cyclic N) is 1. The Hall–Kier alpha value is -0.990. The molecule has 0 aromatic carbocycles. The summed E-state index contributed by atoms with van der Waals surface area (Å²) in [6.45, 7) is 7.40. The molecule has 2 fully saturated rings. The van der Waals surface area contributed by atoms with E-state index in [9.17, 15) is 5.11 Å². The van der Waals surface area contributed by atoms with Crippen molar-refractivity contribution in [2.24, 2.45) is 7.05 Å². The van der Waals surface area contributed by atoms with Gasteiger partial charge in [0.25, 0.3) is 0 Å². The highest BCUT2D eigenvalue weighted by Crippen LogP contribution is 2.12. The smallest absolute Gasteiger partial charge is 0.122 e. The van der Waals surface area contributed by atoms with Gasteiger partial charge in [-0.2, -0.15) is 0 Å². The van der Waals surface area contributed by atoms with Gasteiger partial charge in [-0.1, -0.05) is 0 Å². The average Bonchev–Trinajstić information content (AvgIpc) is 3.22. The van der Waals surface area contributed by atoms with E-state index in [0.717, 1.165) is 58.0 Å². The zero-order valence-corrected chi connectivity index (χ0v) is 14.6. The van der Waals surface area contributed by atoms with Crippen LogP contribution in [0.1, 0.15) is 18.7 Å². The molecule has 136 valence electrons. The van der Waals surface area contributed by atoms with E-state index >= 15 is 0 Å². The number of aliphatic hydroxyl groups is 1. The minimum absolute atomic E-state index is 0.229. The standard InChI is InChI=1S/C17H30N4O3/c1-19-5-4-18-17(19)12-21-8-6-20(7-9-21)11-15(22)13-23-14-16-3-2-10-24-16/h4-5,15-16,22H,2-3,6-14H2,1H3/t15-,16+/m1/s1. The molecule has 0 amide bonds. The first-order valence-corrected chi connectivity index (χ1v) is 8.99. The van der Waals surface area contributed by atoms with Crippen LogP contribution >= 0.6 is 0 Å². The maximum Gasteiger partial charge on any atom is 0.122 e. The molecule has 1 N–H and O–H groups in total. The Morgan fingerprint density at radius 1 is 1.33 bits per heavy atom. The zero-order valence-electron chi connectivity index (χ0n) is 14.6. The molecule has 7 nitrogen and oxygen atoms in total. The summed E-state index contributed by atoms with van der Waals surface area (Å²) in [7, 11) is 2.03. The number of aliphatic hydroxyl groups excluding tert-OH is 1. The first-order chi connectivity index (χ1) is 11.7. The summed E-state index contributed by atoms with van der Waals surface area (Å²) in [6.07, 6.45) is 5.84. The molecule has 1 aromatic rings. The number of hydrogen-bond acceptors (Lipinski definition) is 6. The van der Waals surface area contributed by atoms with Crippen molar-refractivity contribution in [2.75, 3.05) is 52.5 Å². The first-order valence-electron chi connectivity index (χ1n) is 8.99. The second kappa shape index (κ2) is 8.92. The molecule has 0 saturated carbocycles. The summed E-state index contributed by atoms with van der Waals surface area (Å²) in [6, 6.07) is 0. The number of piperazine rings is 1. The molecule has 0 bridgehead atoms. The van der Waals surface area contributed by atoms with Crippen molar-refractivity contribution in [3.63, 3.8) is 0 Å². The summed E-state index contributed by atoms with van der Waals surface area (Å²) in [5, 5.41) is 10.2. The van der Waals surface area contributed by atoms with Crippen molar-refractivity contribution in [3.05, 3.63) is 18.2 Å². The van der Waals surface area contributed by atoms with Gasteiger partial charge in [0, 0.05) is 58.8 Å². The van der Waals surface area contributed by atoms with Crippen molar-refractivity contribution in [2.45, 2.75) is 31.6 Å². The lowest BCUT2D eigenvalue weighted by molar-refractivity contribution is -0.0288. The Balaban J connectivity index is 1.29. The van der Waals surface area contributed by atoms with Gasteiger partial charge in [0.15, 0.2) is 0 Å². The average molecular weight is 338 g/mol. The van der Waals surface area contributed by atoms with Crippen LogP contribution in [0.25, 0.3) is 0 Å². The Morgan fingerprint density at radius 2 is 2.12 bits per heavy atom. The summed E-state index contributed by atoms with van der Waals surface area (Å²) >= 11 is 0. The van der Waals surface area contributed by atoms with Gasteiger partial charge < -0.3 is 19.1 Å². The van der Waals surface area contributed by atoms with E-state index in [-0.39, 0.29) is 6.10 Å². The van der Waals surface area contributed by atoms with Crippen LogP contribution < -0.4 is 0 Å². The van der Waals surface area contributed by atoms with Crippen molar-refractivity contribution in [1.29, 1.82) is 0 Å². The molecule has 2 aliphatic rings. The highest BCUT2D eigenvalue weighted by molar-refractivity contribution is 4.91. The van der Waals surface area contributed by atoms with Gasteiger partial charge in [-0.05, 0) is 12.8 Å². The van der Waals surface area contributed by atoms with E-state index in [1.54, 1.807) is 0 Å². The predicted octanol–water partition coefficient (Wildman–Crippen LogP) is 0.0942. The van der Waals surface area contributed by atoms with E-state index in [1.165, 1.54) is 0 Å². The van der Waals surface area contributed by atoms with Crippen LogP contribution in [0, 0.1) is 0 Å². The second-order valence-corrected chi connectivity index (χ2v) is 6.86. The van der Waals surface area contributed by atoms with Gasteiger partial charge in [0.1, 0.15) is 5.82 Å². The lowest BCUT2D eigenvalue weighted by Crippen LogP contribution is -2.48. The summed E-state index contributed by atoms with van der Waals surface area (Å²) in [5.74, 6) is 1.10. The number of aromatic nitrogens is 2. The quantitative estimate of drug-likeness (QED) is 0.725. The number of nitrogens with zero attached hydrogens (tertiary/aromatic N) is 4. The Morgan fingerprint density at radius 3 is 2.79 bits per heavy atom. The van der Waals surface area contributed by atoms with Crippen LogP contribution in [0.4, 0.5) is 0 Å². The van der Waals surface area contributed by atoms with Crippen LogP contribution in [0.3, 0.4) is 0 Å². The normalized spacial score (nSPS) is 24.5. The number of hydrogen-bond donors (Lipinski definition) is 1. The van der Waals surface area contributed by atoms with E-state index in [1.807, 2.05) is 19.4 Å². The van der Waals surface area contributed by atoms with Gasteiger partial charge in [-0.15, -0.1) is 0 Å². The molecule has 0 unspecified atom stereocenters. The fourth-order valence-electron chi connectivity index (χ4n) is 3.34. The minimum Gasteiger partial charge on any atom is -0.389 e. The van der Waals surface area contributed by atoms with Crippen LogP contribution in [0.2, 0.25) is 0 Å². The molecule has 3 heterocycles. The third kappa shape index (κ3) is 5.26. The zero-order chi connectivity index (χ0) is 16.8. The molecule has 3 rings (SSSR count). The monoisotopic (exact) mass is 338 g/mol.